The number of carbonyl (C=O) groups excluding carboxylic acids is 1. The minimum Gasteiger partial charge on any atom is -0.339 e. The van der Waals surface area contributed by atoms with Crippen LogP contribution in [0.4, 0.5) is 0 Å². The average Bonchev–Trinajstić information content (AvgIpc) is 3.36. The number of amides is 1. The van der Waals surface area contributed by atoms with E-state index in [-0.39, 0.29) is 18.0 Å². The molecule has 2 unspecified atom stereocenters. The van der Waals surface area contributed by atoms with Gasteiger partial charge in [0, 0.05) is 50.0 Å². The van der Waals surface area contributed by atoms with Crippen molar-refractivity contribution in [2.45, 2.75) is 24.9 Å². The van der Waals surface area contributed by atoms with Gasteiger partial charge in [0.1, 0.15) is 6.04 Å². The maximum atomic E-state index is 12.9. The summed E-state index contributed by atoms with van der Waals surface area (Å²) in [5, 5.41) is 0. The van der Waals surface area contributed by atoms with E-state index in [9.17, 15) is 4.79 Å². The molecule has 8 heteroatoms. The molecule has 2 aromatic heterocycles. The van der Waals surface area contributed by atoms with Crippen molar-refractivity contribution < 1.29 is 4.79 Å². The Bertz CT molecular complexity index is 762. The number of hydrogen-bond acceptors (Lipinski definition) is 6. The predicted octanol–water partition coefficient (Wildman–Crippen LogP) is 2.20. The highest BCUT2D eigenvalue weighted by Crippen LogP contribution is 2.31. The molecule has 6 nitrogen and oxygen atoms in total. The molecule has 0 spiro atoms. The topological polar surface area (TPSA) is 60.5 Å². The quantitative estimate of drug-likeness (QED) is 0.732. The molecule has 2 N–H and O–H groups in total. The maximum absolute atomic E-state index is 12.9. The molecule has 27 heavy (non-hydrogen) atoms. The summed E-state index contributed by atoms with van der Waals surface area (Å²) in [5.74, 6) is 0.217. The van der Waals surface area contributed by atoms with Gasteiger partial charge in [-0.15, -0.1) is 11.3 Å². The van der Waals surface area contributed by atoms with Crippen LogP contribution in [0.5, 0.6) is 0 Å². The Kier molecular flexibility index (Phi) is 6.19. The predicted molar refractivity (Wildman–Crippen MR) is 110 cm³/mol. The second kappa shape index (κ2) is 8.79. The fraction of sp³-hybridized carbons (Fsp3) is 0.474. The van der Waals surface area contributed by atoms with Gasteiger partial charge in [0.2, 0.25) is 5.91 Å². The van der Waals surface area contributed by atoms with Crippen LogP contribution in [0.1, 0.15) is 22.9 Å². The lowest BCUT2D eigenvalue weighted by Gasteiger charge is -2.35. The standard InChI is InChI=1S/C19H24BrN5OS/c20-18-2-1-17(27-18)15-13-16(23-22-15)19(26)25-11-9-24(10-12-25)8-5-14-3-6-21-7-4-14/h1-4,6-7,15-16,22-23H,5,8-13H2. The van der Waals surface area contributed by atoms with Gasteiger partial charge in [-0.25, -0.2) is 10.9 Å². The van der Waals surface area contributed by atoms with Crippen LogP contribution in [0.3, 0.4) is 0 Å². The molecular formula is C19H24BrN5OS. The molecule has 2 aliphatic heterocycles. The summed E-state index contributed by atoms with van der Waals surface area (Å²) in [4.78, 5) is 22.6. The van der Waals surface area contributed by atoms with E-state index >= 15 is 0 Å². The number of hydrogen-bond donors (Lipinski definition) is 2. The van der Waals surface area contributed by atoms with E-state index in [1.807, 2.05) is 17.3 Å². The minimum atomic E-state index is -0.140. The molecule has 0 aromatic carbocycles. The SMILES string of the molecule is O=C(C1CC(c2ccc(Br)s2)NN1)N1CCN(CCc2ccncc2)CC1. The van der Waals surface area contributed by atoms with Crippen molar-refractivity contribution in [1.82, 2.24) is 25.6 Å². The van der Waals surface area contributed by atoms with Crippen molar-refractivity contribution in [2.75, 3.05) is 32.7 Å². The lowest BCUT2D eigenvalue weighted by molar-refractivity contribution is -0.134. The molecule has 4 heterocycles. The number of rotatable bonds is 5. The molecule has 0 bridgehead atoms. The van der Waals surface area contributed by atoms with Gasteiger partial charge in [-0.3, -0.25) is 14.7 Å². The van der Waals surface area contributed by atoms with Gasteiger partial charge >= 0.3 is 0 Å². The lowest BCUT2D eigenvalue weighted by Crippen LogP contribution is -2.53. The van der Waals surface area contributed by atoms with Crippen molar-refractivity contribution in [3.05, 3.63) is 50.9 Å². The van der Waals surface area contributed by atoms with E-state index in [0.717, 1.165) is 49.4 Å². The van der Waals surface area contributed by atoms with Gasteiger partial charge in [0.05, 0.1) is 9.83 Å². The molecule has 2 saturated heterocycles. The second-order valence-corrected chi connectivity index (χ2v) is 9.54. The Morgan fingerprint density at radius 2 is 1.93 bits per heavy atom. The van der Waals surface area contributed by atoms with Crippen LogP contribution >= 0.6 is 27.3 Å². The third-order valence-electron chi connectivity index (χ3n) is 5.29. The van der Waals surface area contributed by atoms with Crippen LogP contribution in [0.2, 0.25) is 0 Å². The van der Waals surface area contributed by atoms with E-state index < -0.39 is 0 Å². The molecule has 4 rings (SSSR count). The Hall–Kier alpha value is -1.32. The first-order valence-electron chi connectivity index (χ1n) is 9.35. The smallest absolute Gasteiger partial charge is 0.241 e. The monoisotopic (exact) mass is 449 g/mol. The number of pyridine rings is 1. The zero-order valence-corrected chi connectivity index (χ0v) is 17.5. The Morgan fingerprint density at radius 1 is 1.15 bits per heavy atom. The molecule has 0 aliphatic carbocycles. The van der Waals surface area contributed by atoms with Crippen molar-refractivity contribution in [1.29, 1.82) is 0 Å². The van der Waals surface area contributed by atoms with Crippen molar-refractivity contribution in [3.63, 3.8) is 0 Å². The highest BCUT2D eigenvalue weighted by Gasteiger charge is 2.34. The van der Waals surface area contributed by atoms with E-state index in [4.69, 9.17) is 0 Å². The highest BCUT2D eigenvalue weighted by molar-refractivity contribution is 9.11. The van der Waals surface area contributed by atoms with E-state index in [1.165, 1.54) is 10.4 Å². The van der Waals surface area contributed by atoms with Crippen LogP contribution in [0.15, 0.2) is 40.4 Å². The van der Waals surface area contributed by atoms with Crippen LogP contribution in [-0.4, -0.2) is 59.5 Å². The molecule has 2 aliphatic rings. The van der Waals surface area contributed by atoms with Crippen molar-refractivity contribution >= 4 is 33.2 Å². The first-order chi connectivity index (χ1) is 13.2. The van der Waals surface area contributed by atoms with E-state index in [1.54, 1.807) is 11.3 Å². The number of halogens is 1. The highest BCUT2D eigenvalue weighted by atomic mass is 79.9. The lowest BCUT2D eigenvalue weighted by atomic mass is 10.1. The van der Waals surface area contributed by atoms with Crippen LogP contribution in [-0.2, 0) is 11.2 Å². The summed E-state index contributed by atoms with van der Waals surface area (Å²) in [5.41, 5.74) is 7.80. The van der Waals surface area contributed by atoms with Crippen molar-refractivity contribution in [3.8, 4) is 0 Å². The van der Waals surface area contributed by atoms with Gasteiger partial charge in [-0.1, -0.05) is 0 Å². The molecule has 2 fully saturated rings. The first kappa shape index (κ1) is 19.0. The third kappa shape index (κ3) is 4.75. The fourth-order valence-corrected chi connectivity index (χ4v) is 5.16. The van der Waals surface area contributed by atoms with Gasteiger partial charge in [-0.05, 0) is 58.6 Å². The van der Waals surface area contributed by atoms with Crippen LogP contribution in [0, 0.1) is 0 Å². The molecule has 1 amide bonds. The summed E-state index contributed by atoms with van der Waals surface area (Å²) < 4.78 is 1.12. The number of nitrogens with one attached hydrogen (secondary N) is 2. The van der Waals surface area contributed by atoms with Gasteiger partial charge in [0.15, 0.2) is 0 Å². The van der Waals surface area contributed by atoms with Gasteiger partial charge in [0.25, 0.3) is 0 Å². The van der Waals surface area contributed by atoms with Gasteiger partial charge in [-0.2, -0.15) is 0 Å². The zero-order valence-electron chi connectivity index (χ0n) is 15.1. The molecule has 2 aromatic rings. The Balaban J connectivity index is 1.23. The number of aromatic nitrogens is 1. The molecule has 144 valence electrons. The third-order valence-corrected chi connectivity index (χ3v) is 7.03. The Morgan fingerprint density at radius 3 is 2.63 bits per heavy atom. The normalized spacial score (nSPS) is 23.7. The van der Waals surface area contributed by atoms with Crippen LogP contribution < -0.4 is 10.9 Å². The number of hydrazine groups is 1. The summed E-state index contributed by atoms with van der Waals surface area (Å²) in [6.07, 6.45) is 5.52. The maximum Gasteiger partial charge on any atom is 0.241 e. The van der Waals surface area contributed by atoms with E-state index in [2.05, 4.69) is 60.9 Å². The zero-order chi connectivity index (χ0) is 18.6. The summed E-state index contributed by atoms with van der Waals surface area (Å²) in [7, 11) is 0. The first-order valence-corrected chi connectivity index (χ1v) is 11.0. The molecule has 0 saturated carbocycles. The molecule has 0 radical (unpaired) electrons. The summed E-state index contributed by atoms with van der Waals surface area (Å²) >= 11 is 5.22. The Labute approximate surface area is 172 Å². The van der Waals surface area contributed by atoms with Crippen LogP contribution in [0.25, 0.3) is 0 Å². The summed E-state index contributed by atoms with van der Waals surface area (Å²) in [6, 6.07) is 8.38. The second-order valence-electron chi connectivity index (χ2n) is 7.04. The summed E-state index contributed by atoms with van der Waals surface area (Å²) in [6.45, 7) is 4.53. The van der Waals surface area contributed by atoms with E-state index in [0.29, 0.717) is 0 Å². The number of carbonyl (C=O) groups is 1. The minimum absolute atomic E-state index is 0.140. The number of piperazine rings is 1. The number of nitrogens with zero attached hydrogens (tertiary/aromatic N) is 3. The molecular weight excluding hydrogens is 426 g/mol. The van der Waals surface area contributed by atoms with Gasteiger partial charge < -0.3 is 4.90 Å². The number of thiophene rings is 1. The van der Waals surface area contributed by atoms with Crippen molar-refractivity contribution in [2.24, 2.45) is 0 Å². The largest absolute Gasteiger partial charge is 0.339 e. The average molecular weight is 450 g/mol. The fourth-order valence-electron chi connectivity index (χ4n) is 3.67. The molecule has 2 atom stereocenters.